The van der Waals surface area contributed by atoms with Crippen molar-refractivity contribution in [1.82, 2.24) is 15.1 Å². The van der Waals surface area contributed by atoms with E-state index in [0.29, 0.717) is 19.4 Å². The van der Waals surface area contributed by atoms with Crippen molar-refractivity contribution in [2.75, 3.05) is 13.1 Å². The number of nitrogens with zero attached hydrogens (tertiary/aromatic N) is 2. The van der Waals surface area contributed by atoms with Crippen LogP contribution in [0.3, 0.4) is 0 Å². The fraction of sp³-hybridized carbons (Fsp3) is 0.478. The number of carbonyl (C=O) groups excluding carboxylic acids is 4. The Hall–Kier alpha value is -2.48. The SMILES string of the molecule is CCNC(=O)[C@H](C)N(Cc1ccc(Br)cc1)C(=O)CCN1C(=O)[C@H]2CC=CC[C@H]2C1=O. The maximum absolute atomic E-state index is 13.1. The lowest BCUT2D eigenvalue weighted by Crippen LogP contribution is -2.48. The lowest BCUT2D eigenvalue weighted by atomic mass is 9.85. The van der Waals surface area contributed by atoms with Crippen LogP contribution < -0.4 is 5.32 Å². The zero-order chi connectivity index (χ0) is 22.5. The molecule has 166 valence electrons. The second kappa shape index (κ2) is 10.2. The van der Waals surface area contributed by atoms with Gasteiger partial charge in [0.25, 0.3) is 0 Å². The summed E-state index contributed by atoms with van der Waals surface area (Å²) in [5.41, 5.74) is 0.887. The van der Waals surface area contributed by atoms with Gasteiger partial charge in [-0.1, -0.05) is 40.2 Å². The molecule has 1 N–H and O–H groups in total. The number of fused-ring (bicyclic) bond motifs is 1. The number of carbonyl (C=O) groups is 4. The molecule has 0 saturated carbocycles. The number of likely N-dealkylation sites (tertiary alicyclic amines) is 1. The maximum atomic E-state index is 13.1. The number of benzene rings is 1. The van der Waals surface area contributed by atoms with E-state index in [1.165, 1.54) is 9.80 Å². The maximum Gasteiger partial charge on any atom is 0.242 e. The summed E-state index contributed by atoms with van der Waals surface area (Å²) in [5.74, 6) is -1.50. The molecule has 1 heterocycles. The standard InChI is InChI=1S/C23H28BrN3O4/c1-3-25-21(29)15(2)27(14-16-8-10-17(24)11-9-16)20(28)12-13-26-22(30)18-6-4-5-7-19(18)23(26)31/h4-5,8-11,15,18-19H,3,6-7,12-14H2,1-2H3,(H,25,29)/t15-,18-,19+/m0/s1. The van der Waals surface area contributed by atoms with Gasteiger partial charge in [-0.25, -0.2) is 0 Å². The molecule has 0 spiro atoms. The highest BCUT2D eigenvalue weighted by Crippen LogP contribution is 2.35. The summed E-state index contributed by atoms with van der Waals surface area (Å²) in [6.07, 6.45) is 5.02. The van der Waals surface area contributed by atoms with Crippen molar-refractivity contribution in [1.29, 1.82) is 0 Å². The molecule has 1 fully saturated rings. The second-order valence-electron chi connectivity index (χ2n) is 7.95. The first-order chi connectivity index (χ1) is 14.8. The van der Waals surface area contributed by atoms with Crippen LogP contribution in [-0.4, -0.2) is 52.6 Å². The van der Waals surface area contributed by atoms with Crippen molar-refractivity contribution in [3.63, 3.8) is 0 Å². The van der Waals surface area contributed by atoms with Gasteiger partial charge in [-0.05, 0) is 44.4 Å². The summed E-state index contributed by atoms with van der Waals surface area (Å²) in [7, 11) is 0. The van der Waals surface area contributed by atoms with Crippen molar-refractivity contribution in [3.8, 4) is 0 Å². The quantitative estimate of drug-likeness (QED) is 0.449. The van der Waals surface area contributed by atoms with Crippen LogP contribution in [0.25, 0.3) is 0 Å². The van der Waals surface area contributed by atoms with Gasteiger partial charge in [0, 0.05) is 30.5 Å². The molecule has 8 heteroatoms. The molecule has 0 bridgehead atoms. The van der Waals surface area contributed by atoms with E-state index in [1.807, 2.05) is 43.3 Å². The molecule has 1 aliphatic carbocycles. The second-order valence-corrected chi connectivity index (χ2v) is 8.87. The highest BCUT2D eigenvalue weighted by atomic mass is 79.9. The summed E-state index contributed by atoms with van der Waals surface area (Å²) in [4.78, 5) is 53.6. The number of nitrogens with one attached hydrogen (secondary N) is 1. The Morgan fingerprint density at radius 3 is 2.26 bits per heavy atom. The molecule has 1 aromatic carbocycles. The number of imide groups is 1. The van der Waals surface area contributed by atoms with Crippen LogP contribution in [0.15, 0.2) is 40.9 Å². The van der Waals surface area contributed by atoms with Gasteiger partial charge in [0.2, 0.25) is 23.6 Å². The Bertz CT molecular complexity index is 857. The van der Waals surface area contributed by atoms with Crippen LogP contribution in [0, 0.1) is 11.8 Å². The van der Waals surface area contributed by atoms with E-state index in [9.17, 15) is 19.2 Å². The van der Waals surface area contributed by atoms with E-state index >= 15 is 0 Å². The average Bonchev–Trinajstić information content (AvgIpc) is 3.01. The van der Waals surface area contributed by atoms with Crippen molar-refractivity contribution in [2.45, 2.75) is 45.7 Å². The molecule has 0 unspecified atom stereocenters. The van der Waals surface area contributed by atoms with Gasteiger partial charge < -0.3 is 10.2 Å². The van der Waals surface area contributed by atoms with Crippen LogP contribution in [0.5, 0.6) is 0 Å². The van der Waals surface area contributed by atoms with Gasteiger partial charge in [0.05, 0.1) is 11.8 Å². The Balaban J connectivity index is 1.70. The van der Waals surface area contributed by atoms with E-state index in [-0.39, 0.29) is 55.0 Å². The third kappa shape index (κ3) is 5.23. The molecule has 3 rings (SSSR count). The minimum Gasteiger partial charge on any atom is -0.355 e. The number of amides is 4. The van der Waals surface area contributed by atoms with Crippen molar-refractivity contribution in [2.24, 2.45) is 11.8 Å². The van der Waals surface area contributed by atoms with E-state index in [0.717, 1.165) is 10.0 Å². The lowest BCUT2D eigenvalue weighted by Gasteiger charge is -2.29. The molecule has 7 nitrogen and oxygen atoms in total. The zero-order valence-corrected chi connectivity index (χ0v) is 19.4. The summed E-state index contributed by atoms with van der Waals surface area (Å²) in [6.45, 7) is 4.29. The summed E-state index contributed by atoms with van der Waals surface area (Å²) in [6, 6.07) is 6.87. The first kappa shape index (κ1) is 23.2. The third-order valence-electron chi connectivity index (χ3n) is 5.93. The lowest BCUT2D eigenvalue weighted by molar-refractivity contribution is -0.143. The predicted molar refractivity (Wildman–Crippen MR) is 120 cm³/mol. The highest BCUT2D eigenvalue weighted by Gasteiger charge is 2.47. The predicted octanol–water partition coefficient (Wildman–Crippen LogP) is 2.64. The molecule has 0 radical (unpaired) electrons. The molecule has 0 aromatic heterocycles. The van der Waals surface area contributed by atoms with Crippen LogP contribution in [0.2, 0.25) is 0 Å². The van der Waals surface area contributed by atoms with Crippen LogP contribution in [-0.2, 0) is 25.7 Å². The van der Waals surface area contributed by atoms with Gasteiger partial charge in [-0.3, -0.25) is 24.1 Å². The number of hydrogen-bond acceptors (Lipinski definition) is 4. The Morgan fingerprint density at radius 2 is 1.71 bits per heavy atom. The number of halogens is 1. The molecule has 4 amide bonds. The first-order valence-corrected chi connectivity index (χ1v) is 11.4. The molecule has 1 aliphatic heterocycles. The number of hydrogen-bond donors (Lipinski definition) is 1. The fourth-order valence-electron chi connectivity index (χ4n) is 4.13. The van der Waals surface area contributed by atoms with E-state index < -0.39 is 6.04 Å². The Labute approximate surface area is 191 Å². The Morgan fingerprint density at radius 1 is 1.13 bits per heavy atom. The molecule has 1 aromatic rings. The minimum absolute atomic E-state index is 0.00930. The minimum atomic E-state index is -0.673. The molecular weight excluding hydrogens is 462 g/mol. The Kier molecular flexibility index (Phi) is 7.64. The van der Waals surface area contributed by atoms with E-state index in [2.05, 4.69) is 21.2 Å². The van der Waals surface area contributed by atoms with Crippen LogP contribution in [0.1, 0.15) is 38.7 Å². The van der Waals surface area contributed by atoms with Crippen molar-refractivity contribution < 1.29 is 19.2 Å². The van der Waals surface area contributed by atoms with Gasteiger partial charge in [-0.15, -0.1) is 0 Å². The monoisotopic (exact) mass is 489 g/mol. The summed E-state index contributed by atoms with van der Waals surface area (Å²) >= 11 is 3.39. The smallest absolute Gasteiger partial charge is 0.242 e. The van der Waals surface area contributed by atoms with Gasteiger partial charge in [0.15, 0.2) is 0 Å². The molecule has 2 aliphatic rings. The highest BCUT2D eigenvalue weighted by molar-refractivity contribution is 9.10. The van der Waals surface area contributed by atoms with E-state index in [1.54, 1.807) is 6.92 Å². The van der Waals surface area contributed by atoms with Crippen LogP contribution >= 0.6 is 15.9 Å². The summed E-state index contributed by atoms with van der Waals surface area (Å²) in [5, 5.41) is 2.75. The van der Waals surface area contributed by atoms with Crippen molar-refractivity contribution >= 4 is 39.6 Å². The van der Waals surface area contributed by atoms with Crippen molar-refractivity contribution in [3.05, 3.63) is 46.5 Å². The largest absolute Gasteiger partial charge is 0.355 e. The fourth-order valence-corrected chi connectivity index (χ4v) is 4.40. The normalized spacial score (nSPS) is 21.1. The summed E-state index contributed by atoms with van der Waals surface area (Å²) < 4.78 is 0.924. The number of allylic oxidation sites excluding steroid dienone is 2. The molecule has 3 atom stereocenters. The van der Waals surface area contributed by atoms with E-state index in [4.69, 9.17) is 0 Å². The molecule has 31 heavy (non-hydrogen) atoms. The number of rotatable bonds is 8. The average molecular weight is 490 g/mol. The van der Waals surface area contributed by atoms with Gasteiger partial charge in [0.1, 0.15) is 6.04 Å². The topological polar surface area (TPSA) is 86.8 Å². The number of likely N-dealkylation sites (N-methyl/N-ethyl adjacent to an activating group) is 1. The molecular formula is C23H28BrN3O4. The van der Waals surface area contributed by atoms with Crippen LogP contribution in [0.4, 0.5) is 0 Å². The third-order valence-corrected chi connectivity index (χ3v) is 6.46. The zero-order valence-electron chi connectivity index (χ0n) is 17.8. The van der Waals surface area contributed by atoms with Gasteiger partial charge >= 0.3 is 0 Å². The molecule has 1 saturated heterocycles. The van der Waals surface area contributed by atoms with Gasteiger partial charge in [-0.2, -0.15) is 0 Å². The first-order valence-electron chi connectivity index (χ1n) is 10.6.